The third-order valence-electron chi connectivity index (χ3n) is 23.3. The van der Waals surface area contributed by atoms with Crippen LogP contribution in [0.2, 0.25) is 0 Å². The van der Waals surface area contributed by atoms with E-state index in [9.17, 15) is 0 Å². The number of hydrogen-bond acceptors (Lipinski definition) is 18. The van der Waals surface area contributed by atoms with Gasteiger partial charge in [-0.05, 0) is 77.0 Å². The van der Waals surface area contributed by atoms with Crippen LogP contribution in [-0.2, 0) is 27.1 Å². The normalized spacial score (nSPS) is 23.7. The number of nitrogens with zero attached hydrogens (tertiary/aromatic N) is 6. The summed E-state index contributed by atoms with van der Waals surface area (Å²) in [6.07, 6.45) is 88.3. The van der Waals surface area contributed by atoms with Gasteiger partial charge in [-0.3, -0.25) is 0 Å². The van der Waals surface area contributed by atoms with Gasteiger partial charge in [-0.2, -0.15) is 27.1 Å². The highest BCUT2D eigenvalue weighted by Crippen LogP contribution is 2.77. The molecule has 678 valence electrons. The van der Waals surface area contributed by atoms with E-state index < -0.39 is 45.5 Å². The van der Waals surface area contributed by atoms with E-state index in [4.69, 9.17) is 54.2 Å². The van der Waals surface area contributed by atoms with Gasteiger partial charge in [0.15, 0.2) is 0 Å². The SMILES string of the molecule is CCCCCCCCCCCCOP12=NP3(OCCCCCCCCCCCC)=NP(OCCCCCCCCCCCC)(=N1)NCCCCCCNP1(OCCCCCCCCCCCC)=NP(OCCCCCCCCCCCC)(=NP(OCCCCCCCCCCCC)(=N1)NCCCCCCN3)NCCCCCCN2. The maximum absolute atomic E-state index is 7.49. The van der Waals surface area contributed by atoms with Gasteiger partial charge in [0.25, 0.3) is 45.5 Å². The van der Waals surface area contributed by atoms with Crippen LogP contribution in [0.5, 0.6) is 0 Å². The van der Waals surface area contributed by atoms with Gasteiger partial charge in [0.1, 0.15) is 0 Å². The lowest BCUT2D eigenvalue weighted by Gasteiger charge is -2.36. The standard InChI is InChI=1S/C90H192N12O6P6/c1-7-13-19-25-31-37-43-49-61-73-85-103-109-91-79-67-55-56-70-82-94-112(106-88-76-64-52-46-40-34-28-22-16-10-4)100-113(107-89-77-65-53-47-41-35-29-23-17-11-5)95-83-71-59-57-68-80-92-110(97-109,104-86-74-62-50-44-38-32-26-20-14-8-2)99-111(98-109,105-87-75-63-51-45-39-33-27-21-15-9-3)93-81-69-58-60-72-84-96-114(101-112,102-113)108-90-78-66-54-48-42-36-30-24-18-12-6/h91-96H,7-90H2,1-6H3. The van der Waals surface area contributed by atoms with E-state index in [0.29, 0.717) is 39.6 Å². The molecule has 18 nitrogen and oxygen atoms in total. The third-order valence-corrected chi connectivity index (χ3v) is 42.0. The van der Waals surface area contributed by atoms with E-state index in [0.717, 1.165) is 193 Å². The molecule has 0 fully saturated rings. The molecule has 5 rings (SSSR count). The van der Waals surface area contributed by atoms with Crippen molar-refractivity contribution in [2.75, 3.05) is 78.9 Å². The van der Waals surface area contributed by atoms with Crippen LogP contribution < -0.4 is 30.5 Å². The molecule has 5 aliphatic heterocycles. The van der Waals surface area contributed by atoms with Crippen LogP contribution in [-0.4, -0.2) is 78.9 Å². The Morgan fingerprint density at radius 1 is 0.149 bits per heavy atom. The van der Waals surface area contributed by atoms with Gasteiger partial charge in [-0.15, -0.1) is 0 Å². The van der Waals surface area contributed by atoms with Crippen LogP contribution in [0.25, 0.3) is 0 Å². The lowest BCUT2D eigenvalue weighted by Crippen LogP contribution is -2.23. The summed E-state index contributed by atoms with van der Waals surface area (Å²) >= 11 is 0. The largest absolute Gasteiger partial charge is 0.316 e. The monoisotopic (exact) mass is 1720 g/mol. The van der Waals surface area contributed by atoms with Crippen molar-refractivity contribution in [1.82, 2.24) is 30.5 Å². The summed E-state index contributed by atoms with van der Waals surface area (Å²) in [5.41, 5.74) is 0. The van der Waals surface area contributed by atoms with E-state index >= 15 is 0 Å². The number of fused-ring (bicyclic) bond motifs is 21. The van der Waals surface area contributed by atoms with Crippen molar-refractivity contribution >= 4 is 45.5 Å². The quantitative estimate of drug-likeness (QED) is 0.0249. The first-order chi connectivity index (χ1) is 56.2. The Bertz CT molecular complexity index is 2090. The molecule has 0 spiro atoms. The molecule has 0 amide bonds. The Hall–Kier alpha value is 0.900. The minimum Gasteiger partial charge on any atom is -0.316 e. The molecule has 5 heterocycles. The first-order valence-electron chi connectivity index (χ1n) is 50.4. The molecule has 0 unspecified atom stereocenters. The summed E-state index contributed by atoms with van der Waals surface area (Å²) in [4.78, 5) is 0. The zero-order valence-electron chi connectivity index (χ0n) is 76.2. The molecule has 5 aliphatic rings. The molecule has 0 aliphatic carbocycles. The highest BCUT2D eigenvalue weighted by Gasteiger charge is 2.42. The van der Waals surface area contributed by atoms with E-state index in [1.807, 2.05) is 0 Å². The van der Waals surface area contributed by atoms with E-state index in [-0.39, 0.29) is 0 Å². The summed E-state index contributed by atoms with van der Waals surface area (Å²) in [5, 5.41) is 24.7. The van der Waals surface area contributed by atoms with Crippen molar-refractivity contribution in [1.29, 1.82) is 0 Å². The van der Waals surface area contributed by atoms with Crippen LogP contribution >= 0.6 is 45.5 Å². The topological polar surface area (TPSA) is 202 Å². The maximum atomic E-state index is 7.49. The zero-order chi connectivity index (χ0) is 81.1. The predicted molar refractivity (Wildman–Crippen MR) is 506 cm³/mol. The van der Waals surface area contributed by atoms with Gasteiger partial charge >= 0.3 is 0 Å². The fourth-order valence-corrected chi connectivity index (χ4v) is 37.6. The van der Waals surface area contributed by atoms with Gasteiger partial charge in [0, 0.05) is 39.3 Å². The van der Waals surface area contributed by atoms with Gasteiger partial charge in [0.05, 0.1) is 39.6 Å². The molecule has 0 atom stereocenters. The van der Waals surface area contributed by atoms with Crippen LogP contribution in [0.3, 0.4) is 0 Å². The Balaban J connectivity index is 1.83. The van der Waals surface area contributed by atoms with Crippen LogP contribution in [0, 0.1) is 0 Å². The highest BCUT2D eigenvalue weighted by atomic mass is 31.3. The fraction of sp³-hybridized carbons (Fsp3) is 1.00. The smallest absolute Gasteiger partial charge is 0.281 e. The van der Waals surface area contributed by atoms with Crippen molar-refractivity contribution in [2.45, 2.75) is 504 Å². The summed E-state index contributed by atoms with van der Waals surface area (Å²) in [7, 11) is -18.8. The summed E-state index contributed by atoms with van der Waals surface area (Å²) in [6, 6.07) is 0. The van der Waals surface area contributed by atoms with Crippen LogP contribution in [0.15, 0.2) is 27.1 Å². The molecule has 114 heavy (non-hydrogen) atoms. The van der Waals surface area contributed by atoms with Crippen molar-refractivity contribution in [3.63, 3.8) is 0 Å². The Kier molecular flexibility index (Phi) is 70.8. The van der Waals surface area contributed by atoms with Gasteiger partial charge in [-0.1, -0.05) is 427 Å². The van der Waals surface area contributed by atoms with E-state index in [1.165, 1.54) is 308 Å². The fourth-order valence-electron chi connectivity index (χ4n) is 15.9. The lowest BCUT2D eigenvalue weighted by atomic mass is 10.1. The second kappa shape index (κ2) is 75.3. The first-order valence-corrected chi connectivity index (χ1v) is 60.1. The molecule has 0 aromatic rings. The Morgan fingerprint density at radius 3 is 0.368 bits per heavy atom. The first kappa shape index (κ1) is 107. The summed E-state index contributed by atoms with van der Waals surface area (Å²) in [5.74, 6) is 0. The Labute approximate surface area is 708 Å². The zero-order valence-corrected chi connectivity index (χ0v) is 81.6. The predicted octanol–water partition coefficient (Wildman–Crippen LogP) is 34.6. The molecular formula is C90H192N12O6P6. The molecule has 0 saturated carbocycles. The van der Waals surface area contributed by atoms with Crippen LogP contribution in [0.1, 0.15) is 504 Å². The van der Waals surface area contributed by atoms with Gasteiger partial charge < -0.3 is 27.1 Å². The molecule has 0 aromatic carbocycles. The average Bonchev–Trinajstić information content (AvgIpc) is 0.754. The van der Waals surface area contributed by atoms with Crippen molar-refractivity contribution in [3.05, 3.63) is 0 Å². The molecule has 0 radical (unpaired) electrons. The van der Waals surface area contributed by atoms with E-state index in [1.54, 1.807) is 0 Å². The average molecular weight is 1720 g/mol. The van der Waals surface area contributed by atoms with E-state index in [2.05, 4.69) is 72.1 Å². The maximum Gasteiger partial charge on any atom is 0.281 e. The molecule has 0 saturated heterocycles. The number of hydrogen-bond donors (Lipinski definition) is 6. The number of nitrogens with one attached hydrogen (secondary N) is 6. The Morgan fingerprint density at radius 2 is 0.254 bits per heavy atom. The highest BCUT2D eigenvalue weighted by molar-refractivity contribution is 7.81. The molecular weight excluding hydrogens is 1530 g/mol. The lowest BCUT2D eigenvalue weighted by molar-refractivity contribution is 0.307. The molecule has 24 heteroatoms. The van der Waals surface area contributed by atoms with Crippen molar-refractivity contribution in [2.24, 2.45) is 27.1 Å². The second-order valence-electron chi connectivity index (χ2n) is 34.6. The second-order valence-corrected chi connectivity index (χ2v) is 48.9. The van der Waals surface area contributed by atoms with Crippen molar-refractivity contribution < 1.29 is 27.1 Å². The van der Waals surface area contributed by atoms with Gasteiger partial charge in [0.2, 0.25) is 0 Å². The summed E-state index contributed by atoms with van der Waals surface area (Å²) < 4.78 is 80.7. The van der Waals surface area contributed by atoms with Crippen molar-refractivity contribution in [3.8, 4) is 0 Å². The van der Waals surface area contributed by atoms with Crippen LogP contribution in [0.4, 0.5) is 0 Å². The summed E-state index contributed by atoms with van der Waals surface area (Å²) in [6.45, 7) is 21.9. The molecule has 6 N–H and O–H groups in total. The number of rotatable bonds is 72. The molecule has 6 bridgehead atoms. The number of unbranched alkanes of at least 4 members (excludes halogenated alkanes) is 54. The van der Waals surface area contributed by atoms with Gasteiger partial charge in [-0.25, -0.2) is 30.5 Å². The molecule has 0 aromatic heterocycles. The minimum absolute atomic E-state index is 0.603. The third kappa shape index (κ3) is 55.3. The minimum atomic E-state index is -3.13.